The molecule has 2 aliphatic rings. The molecule has 0 heterocycles. The van der Waals surface area contributed by atoms with Crippen molar-refractivity contribution in [2.45, 2.75) is 84.2 Å². The van der Waals surface area contributed by atoms with Gasteiger partial charge in [0, 0.05) is 6.92 Å². The summed E-state index contributed by atoms with van der Waals surface area (Å²) in [6, 6.07) is 0. The van der Waals surface area contributed by atoms with E-state index < -0.39 is 0 Å². The SMILES string of the molecule is CC(=O)OC1CCCCC1.CCOC(=O)C1CCCCC1. The van der Waals surface area contributed by atoms with Crippen molar-refractivity contribution in [2.24, 2.45) is 5.92 Å². The molecule has 4 heteroatoms. The highest BCUT2D eigenvalue weighted by Crippen LogP contribution is 2.24. The van der Waals surface area contributed by atoms with E-state index in [4.69, 9.17) is 9.47 Å². The Morgan fingerprint density at radius 3 is 1.90 bits per heavy atom. The van der Waals surface area contributed by atoms with Crippen LogP contribution in [0.15, 0.2) is 0 Å². The third-order valence-electron chi connectivity index (χ3n) is 4.11. The average molecular weight is 298 g/mol. The van der Waals surface area contributed by atoms with Gasteiger partial charge < -0.3 is 9.47 Å². The molecule has 0 aromatic carbocycles. The lowest BCUT2D eigenvalue weighted by molar-refractivity contribution is -0.149. The fourth-order valence-corrected chi connectivity index (χ4v) is 3.02. The lowest BCUT2D eigenvalue weighted by atomic mass is 9.89. The molecule has 4 nitrogen and oxygen atoms in total. The highest BCUT2D eigenvalue weighted by Gasteiger charge is 2.21. The molecule has 0 amide bonds. The van der Waals surface area contributed by atoms with Gasteiger partial charge in [0.05, 0.1) is 12.5 Å². The zero-order chi connectivity index (χ0) is 15.5. The van der Waals surface area contributed by atoms with Gasteiger partial charge in [0.15, 0.2) is 0 Å². The first-order valence-electron chi connectivity index (χ1n) is 8.47. The van der Waals surface area contributed by atoms with Crippen molar-refractivity contribution in [1.82, 2.24) is 0 Å². The van der Waals surface area contributed by atoms with Crippen molar-refractivity contribution in [2.75, 3.05) is 6.61 Å². The van der Waals surface area contributed by atoms with E-state index in [1.54, 1.807) is 0 Å². The van der Waals surface area contributed by atoms with Crippen LogP contribution in [0.2, 0.25) is 0 Å². The van der Waals surface area contributed by atoms with E-state index in [2.05, 4.69) is 0 Å². The van der Waals surface area contributed by atoms with E-state index >= 15 is 0 Å². The quantitative estimate of drug-likeness (QED) is 0.739. The number of carbonyl (C=O) groups is 2. The summed E-state index contributed by atoms with van der Waals surface area (Å²) in [4.78, 5) is 21.7. The smallest absolute Gasteiger partial charge is 0.308 e. The highest BCUT2D eigenvalue weighted by atomic mass is 16.5. The molecule has 0 aromatic rings. The van der Waals surface area contributed by atoms with E-state index in [1.165, 1.54) is 45.4 Å². The number of hydrogen-bond donors (Lipinski definition) is 0. The van der Waals surface area contributed by atoms with Crippen molar-refractivity contribution in [3.8, 4) is 0 Å². The van der Waals surface area contributed by atoms with Crippen LogP contribution in [0.25, 0.3) is 0 Å². The van der Waals surface area contributed by atoms with Crippen molar-refractivity contribution >= 4 is 11.9 Å². The number of carbonyl (C=O) groups excluding carboxylic acids is 2. The largest absolute Gasteiger partial charge is 0.466 e. The van der Waals surface area contributed by atoms with Gasteiger partial charge in [0.2, 0.25) is 0 Å². The summed E-state index contributed by atoms with van der Waals surface area (Å²) in [5.41, 5.74) is 0. The van der Waals surface area contributed by atoms with Gasteiger partial charge >= 0.3 is 11.9 Å². The Balaban J connectivity index is 0.000000211. The van der Waals surface area contributed by atoms with E-state index in [9.17, 15) is 9.59 Å². The third-order valence-corrected chi connectivity index (χ3v) is 4.11. The number of rotatable bonds is 3. The Bertz CT molecular complexity index is 302. The van der Waals surface area contributed by atoms with Gasteiger partial charge in [0.1, 0.15) is 6.10 Å². The summed E-state index contributed by atoms with van der Waals surface area (Å²) < 4.78 is 9.99. The van der Waals surface area contributed by atoms with E-state index in [-0.39, 0.29) is 24.0 Å². The summed E-state index contributed by atoms with van der Waals surface area (Å²) in [6.45, 7) is 3.87. The molecular weight excluding hydrogens is 268 g/mol. The zero-order valence-corrected chi connectivity index (χ0v) is 13.6. The normalized spacial score (nSPS) is 20.1. The summed E-state index contributed by atoms with van der Waals surface area (Å²) in [5, 5.41) is 0. The van der Waals surface area contributed by atoms with Crippen LogP contribution in [-0.4, -0.2) is 24.6 Å². The molecule has 2 aliphatic carbocycles. The van der Waals surface area contributed by atoms with Crippen LogP contribution in [0.3, 0.4) is 0 Å². The van der Waals surface area contributed by atoms with Gasteiger partial charge in [-0.15, -0.1) is 0 Å². The molecule has 0 spiro atoms. The van der Waals surface area contributed by atoms with Crippen LogP contribution >= 0.6 is 0 Å². The van der Waals surface area contributed by atoms with Crippen LogP contribution < -0.4 is 0 Å². The van der Waals surface area contributed by atoms with Gasteiger partial charge in [-0.25, -0.2) is 0 Å². The van der Waals surface area contributed by atoms with Crippen LogP contribution in [0.4, 0.5) is 0 Å². The third kappa shape index (κ3) is 8.08. The fraction of sp³-hybridized carbons (Fsp3) is 0.882. The standard InChI is InChI=1S/C9H16O2.C8H14O2/c1-2-11-9(10)8-6-4-3-5-7-8;1-7(9)10-8-5-3-2-4-6-8/h8H,2-7H2,1H3;8H,2-6H2,1H3. The summed E-state index contributed by atoms with van der Waals surface area (Å²) >= 11 is 0. The molecule has 0 unspecified atom stereocenters. The van der Waals surface area contributed by atoms with Crippen LogP contribution in [-0.2, 0) is 19.1 Å². The zero-order valence-electron chi connectivity index (χ0n) is 13.6. The minimum atomic E-state index is -0.132. The summed E-state index contributed by atoms with van der Waals surface area (Å²) in [7, 11) is 0. The van der Waals surface area contributed by atoms with E-state index in [0.29, 0.717) is 6.61 Å². The molecule has 0 bridgehead atoms. The molecule has 0 saturated heterocycles. The molecule has 2 saturated carbocycles. The monoisotopic (exact) mass is 298 g/mol. The first-order valence-corrected chi connectivity index (χ1v) is 8.47. The van der Waals surface area contributed by atoms with Crippen molar-refractivity contribution < 1.29 is 19.1 Å². The average Bonchev–Trinajstić information content (AvgIpc) is 2.49. The van der Waals surface area contributed by atoms with Gasteiger partial charge in [-0.1, -0.05) is 25.7 Å². The first kappa shape index (κ1) is 18.0. The van der Waals surface area contributed by atoms with Gasteiger partial charge in [-0.05, 0) is 45.4 Å². The highest BCUT2D eigenvalue weighted by molar-refractivity contribution is 5.72. The minimum absolute atomic E-state index is 0.0206. The van der Waals surface area contributed by atoms with E-state index in [0.717, 1.165) is 25.7 Å². The van der Waals surface area contributed by atoms with E-state index in [1.807, 2.05) is 6.92 Å². The van der Waals surface area contributed by atoms with Crippen LogP contribution in [0, 0.1) is 5.92 Å². The summed E-state index contributed by atoms with van der Waals surface area (Å²) in [6.07, 6.45) is 11.9. The van der Waals surface area contributed by atoms with Crippen LogP contribution in [0.5, 0.6) is 0 Å². The molecule has 122 valence electrons. The fourth-order valence-electron chi connectivity index (χ4n) is 3.02. The second-order valence-corrected chi connectivity index (χ2v) is 5.96. The molecule has 0 aliphatic heterocycles. The number of ether oxygens (including phenoxy) is 2. The Hall–Kier alpha value is -1.06. The topological polar surface area (TPSA) is 52.6 Å². The van der Waals surface area contributed by atoms with Crippen molar-refractivity contribution in [3.05, 3.63) is 0 Å². The second-order valence-electron chi connectivity index (χ2n) is 5.96. The molecule has 0 aromatic heterocycles. The first-order chi connectivity index (χ1) is 10.1. The van der Waals surface area contributed by atoms with Crippen molar-refractivity contribution in [3.63, 3.8) is 0 Å². The molecule has 2 fully saturated rings. The van der Waals surface area contributed by atoms with Crippen LogP contribution in [0.1, 0.15) is 78.1 Å². The lowest BCUT2D eigenvalue weighted by Crippen LogP contribution is -2.20. The van der Waals surface area contributed by atoms with Gasteiger partial charge in [0.25, 0.3) is 0 Å². The number of esters is 2. The maximum atomic E-state index is 11.2. The molecular formula is C17H30O4. The van der Waals surface area contributed by atoms with Gasteiger partial charge in [-0.3, -0.25) is 9.59 Å². The Morgan fingerprint density at radius 1 is 0.905 bits per heavy atom. The van der Waals surface area contributed by atoms with Crippen molar-refractivity contribution in [1.29, 1.82) is 0 Å². The van der Waals surface area contributed by atoms with Gasteiger partial charge in [-0.2, -0.15) is 0 Å². The second kappa shape index (κ2) is 10.6. The number of hydrogen-bond acceptors (Lipinski definition) is 4. The summed E-state index contributed by atoms with van der Waals surface area (Å²) in [5.74, 6) is 0.0998. The Labute approximate surface area is 128 Å². The molecule has 0 N–H and O–H groups in total. The maximum Gasteiger partial charge on any atom is 0.308 e. The molecule has 2 rings (SSSR count). The molecule has 0 atom stereocenters. The molecule has 21 heavy (non-hydrogen) atoms. The maximum absolute atomic E-state index is 11.2. The molecule has 0 radical (unpaired) electrons. The minimum Gasteiger partial charge on any atom is -0.466 e. The predicted octanol–water partition coefficient (Wildman–Crippen LogP) is 4.01. The predicted molar refractivity (Wildman–Crippen MR) is 81.8 cm³/mol. The Morgan fingerprint density at radius 2 is 1.43 bits per heavy atom. The Kier molecular flexibility index (Phi) is 9.11. The lowest BCUT2D eigenvalue weighted by Gasteiger charge is -2.20.